The van der Waals surface area contributed by atoms with E-state index in [1.54, 1.807) is 12.3 Å². The fourth-order valence-electron chi connectivity index (χ4n) is 1.50. The lowest BCUT2D eigenvalue weighted by Crippen LogP contribution is -2.17. The number of hydrogen-bond donors (Lipinski definition) is 2. The third-order valence-electron chi connectivity index (χ3n) is 2.40. The maximum absolute atomic E-state index is 9.09. The molecular formula is C13H15N3O. The number of aromatic nitrogens is 2. The van der Waals surface area contributed by atoms with Gasteiger partial charge in [-0.2, -0.15) is 0 Å². The van der Waals surface area contributed by atoms with Crippen molar-refractivity contribution in [2.24, 2.45) is 0 Å². The van der Waals surface area contributed by atoms with Crippen LogP contribution in [0, 0.1) is 0 Å². The number of nitrogens with zero attached hydrogens (tertiary/aromatic N) is 2. The van der Waals surface area contributed by atoms with Gasteiger partial charge in [0.05, 0.1) is 11.9 Å². The lowest BCUT2D eigenvalue weighted by Gasteiger charge is -2.04. The summed E-state index contributed by atoms with van der Waals surface area (Å²) in [4.78, 5) is 8.34. The minimum atomic E-state index is 0.197. The molecule has 2 rings (SSSR count). The van der Waals surface area contributed by atoms with E-state index < -0.39 is 0 Å². The molecule has 0 saturated heterocycles. The minimum Gasteiger partial charge on any atom is -0.506 e. The van der Waals surface area contributed by atoms with E-state index >= 15 is 0 Å². The molecule has 4 nitrogen and oxygen atoms in total. The number of pyridine rings is 2. The predicted octanol–water partition coefficient (Wildman–Crippen LogP) is 1.51. The zero-order valence-electron chi connectivity index (χ0n) is 9.50. The molecule has 0 aliphatic carbocycles. The first-order valence-corrected chi connectivity index (χ1v) is 5.59. The molecule has 0 bridgehead atoms. The third kappa shape index (κ3) is 3.85. The molecule has 0 spiro atoms. The molecule has 2 aromatic rings. The van der Waals surface area contributed by atoms with Crippen LogP contribution in [0.4, 0.5) is 0 Å². The molecule has 4 heteroatoms. The van der Waals surface area contributed by atoms with Gasteiger partial charge in [-0.05, 0) is 24.3 Å². The Morgan fingerprint density at radius 3 is 2.71 bits per heavy atom. The van der Waals surface area contributed by atoms with Crippen molar-refractivity contribution >= 4 is 0 Å². The Balaban J connectivity index is 1.71. The highest BCUT2D eigenvalue weighted by atomic mass is 16.3. The molecule has 88 valence electrons. The average molecular weight is 229 g/mol. The molecule has 17 heavy (non-hydrogen) atoms. The molecule has 0 atom stereocenters. The second-order valence-corrected chi connectivity index (χ2v) is 3.76. The Bertz CT molecular complexity index is 442. The van der Waals surface area contributed by atoms with Crippen LogP contribution in [0.5, 0.6) is 5.75 Å². The van der Waals surface area contributed by atoms with Crippen LogP contribution in [0.3, 0.4) is 0 Å². The third-order valence-corrected chi connectivity index (χ3v) is 2.40. The summed E-state index contributed by atoms with van der Waals surface area (Å²) < 4.78 is 0. The van der Waals surface area contributed by atoms with Crippen molar-refractivity contribution in [3.63, 3.8) is 0 Å². The van der Waals surface area contributed by atoms with E-state index in [-0.39, 0.29) is 5.75 Å². The van der Waals surface area contributed by atoms with Gasteiger partial charge in [0.15, 0.2) is 0 Å². The summed E-state index contributed by atoms with van der Waals surface area (Å²) in [7, 11) is 0. The van der Waals surface area contributed by atoms with Crippen LogP contribution >= 0.6 is 0 Å². The highest BCUT2D eigenvalue weighted by Crippen LogP contribution is 2.05. The topological polar surface area (TPSA) is 58.0 Å². The Morgan fingerprint density at radius 1 is 1.06 bits per heavy atom. The van der Waals surface area contributed by atoms with E-state index in [2.05, 4.69) is 15.3 Å². The van der Waals surface area contributed by atoms with Crippen molar-refractivity contribution in [1.82, 2.24) is 15.3 Å². The van der Waals surface area contributed by atoms with Crippen molar-refractivity contribution in [3.05, 3.63) is 54.1 Å². The Labute approximate surface area is 100 Å². The monoisotopic (exact) mass is 229 g/mol. The summed E-state index contributed by atoms with van der Waals surface area (Å²) in [6.07, 6.45) is 4.16. The number of aromatic hydroxyl groups is 1. The van der Waals surface area contributed by atoms with Crippen LogP contribution in [0.25, 0.3) is 0 Å². The van der Waals surface area contributed by atoms with E-state index in [1.807, 2.05) is 24.3 Å². The molecule has 0 radical (unpaired) electrons. The SMILES string of the molecule is Oc1ccc(CNCCc2ccccn2)nc1. The molecule has 2 aromatic heterocycles. The van der Waals surface area contributed by atoms with E-state index in [1.165, 1.54) is 6.20 Å². The van der Waals surface area contributed by atoms with Crippen molar-refractivity contribution < 1.29 is 5.11 Å². The molecule has 0 aliphatic heterocycles. The van der Waals surface area contributed by atoms with Crippen LogP contribution in [-0.2, 0) is 13.0 Å². The smallest absolute Gasteiger partial charge is 0.133 e. The standard InChI is InChI=1S/C13H15N3O/c17-13-5-4-12(16-10-13)9-14-8-6-11-3-1-2-7-15-11/h1-5,7,10,14,17H,6,8-9H2. The molecular weight excluding hydrogens is 214 g/mol. The van der Waals surface area contributed by atoms with Gasteiger partial charge in [-0.15, -0.1) is 0 Å². The maximum Gasteiger partial charge on any atom is 0.133 e. The highest BCUT2D eigenvalue weighted by molar-refractivity contribution is 5.17. The maximum atomic E-state index is 9.09. The van der Waals surface area contributed by atoms with E-state index in [4.69, 9.17) is 5.11 Å². The molecule has 0 aromatic carbocycles. The lowest BCUT2D eigenvalue weighted by atomic mass is 10.2. The largest absolute Gasteiger partial charge is 0.506 e. The molecule has 0 unspecified atom stereocenters. The second-order valence-electron chi connectivity index (χ2n) is 3.76. The molecule has 0 aliphatic rings. The van der Waals surface area contributed by atoms with Crippen molar-refractivity contribution in [3.8, 4) is 5.75 Å². The summed E-state index contributed by atoms with van der Waals surface area (Å²) in [5.41, 5.74) is 2.00. The summed E-state index contributed by atoms with van der Waals surface area (Å²) >= 11 is 0. The normalized spacial score (nSPS) is 10.4. The van der Waals surface area contributed by atoms with Gasteiger partial charge in [0.2, 0.25) is 0 Å². The summed E-state index contributed by atoms with van der Waals surface area (Å²) in [5, 5.41) is 12.4. The summed E-state index contributed by atoms with van der Waals surface area (Å²) in [6, 6.07) is 9.37. The fourth-order valence-corrected chi connectivity index (χ4v) is 1.50. The fraction of sp³-hybridized carbons (Fsp3) is 0.231. The molecule has 0 fully saturated rings. The predicted molar refractivity (Wildman–Crippen MR) is 65.5 cm³/mol. The number of hydrogen-bond acceptors (Lipinski definition) is 4. The molecule has 0 saturated carbocycles. The first kappa shape index (κ1) is 11.5. The van der Waals surface area contributed by atoms with Crippen molar-refractivity contribution in [2.45, 2.75) is 13.0 Å². The van der Waals surface area contributed by atoms with Gasteiger partial charge in [-0.1, -0.05) is 6.07 Å². The van der Waals surface area contributed by atoms with Gasteiger partial charge >= 0.3 is 0 Å². The molecule has 2 heterocycles. The Morgan fingerprint density at radius 2 is 2.00 bits per heavy atom. The van der Waals surface area contributed by atoms with Crippen LogP contribution in [0.2, 0.25) is 0 Å². The number of rotatable bonds is 5. The quantitative estimate of drug-likeness (QED) is 0.763. The number of nitrogens with one attached hydrogen (secondary N) is 1. The Hall–Kier alpha value is -1.94. The zero-order valence-corrected chi connectivity index (χ0v) is 9.50. The van der Waals surface area contributed by atoms with Gasteiger partial charge in [0.25, 0.3) is 0 Å². The molecule has 0 amide bonds. The zero-order chi connectivity index (χ0) is 11.9. The Kier molecular flexibility index (Phi) is 4.05. The van der Waals surface area contributed by atoms with Gasteiger partial charge in [-0.25, -0.2) is 0 Å². The van der Waals surface area contributed by atoms with Gasteiger partial charge in [0, 0.05) is 31.4 Å². The first-order chi connectivity index (χ1) is 8.34. The van der Waals surface area contributed by atoms with Crippen LogP contribution in [-0.4, -0.2) is 21.6 Å². The van der Waals surface area contributed by atoms with Gasteiger partial charge in [-0.3, -0.25) is 9.97 Å². The van der Waals surface area contributed by atoms with Crippen molar-refractivity contribution in [1.29, 1.82) is 0 Å². The van der Waals surface area contributed by atoms with Crippen molar-refractivity contribution in [2.75, 3.05) is 6.54 Å². The van der Waals surface area contributed by atoms with E-state index in [9.17, 15) is 0 Å². The van der Waals surface area contributed by atoms with Crippen LogP contribution in [0.15, 0.2) is 42.7 Å². The molecule has 2 N–H and O–H groups in total. The van der Waals surface area contributed by atoms with Crippen LogP contribution < -0.4 is 5.32 Å². The first-order valence-electron chi connectivity index (χ1n) is 5.59. The second kappa shape index (κ2) is 5.96. The average Bonchev–Trinajstić information content (AvgIpc) is 2.38. The summed E-state index contributed by atoms with van der Waals surface area (Å²) in [6.45, 7) is 1.56. The van der Waals surface area contributed by atoms with Gasteiger partial charge in [0.1, 0.15) is 5.75 Å². The van der Waals surface area contributed by atoms with E-state index in [0.29, 0.717) is 6.54 Å². The summed E-state index contributed by atoms with van der Waals surface area (Å²) in [5.74, 6) is 0.197. The highest BCUT2D eigenvalue weighted by Gasteiger charge is 1.96. The van der Waals surface area contributed by atoms with Crippen LogP contribution in [0.1, 0.15) is 11.4 Å². The van der Waals surface area contributed by atoms with Gasteiger partial charge < -0.3 is 10.4 Å². The lowest BCUT2D eigenvalue weighted by molar-refractivity contribution is 0.471. The minimum absolute atomic E-state index is 0.197. The van der Waals surface area contributed by atoms with E-state index in [0.717, 1.165) is 24.4 Å².